The SMILES string of the molecule is CC(C)(C)CC(NC(=O)Oc1cnccn1)C(=O)NC1(C#N)CCN(Cc2ccccc2)C1. The highest BCUT2D eigenvalue weighted by atomic mass is 16.6. The molecule has 174 valence electrons. The van der Waals surface area contributed by atoms with Gasteiger partial charge in [0.05, 0.1) is 12.3 Å². The zero-order valence-electron chi connectivity index (χ0n) is 19.2. The normalized spacial score (nSPS) is 19.3. The Morgan fingerprint density at radius 3 is 2.67 bits per heavy atom. The van der Waals surface area contributed by atoms with Gasteiger partial charge in [-0.25, -0.2) is 9.78 Å². The summed E-state index contributed by atoms with van der Waals surface area (Å²) in [6.45, 7) is 7.72. The number of nitrogens with zero attached hydrogens (tertiary/aromatic N) is 4. The summed E-state index contributed by atoms with van der Waals surface area (Å²) in [5, 5.41) is 15.5. The maximum absolute atomic E-state index is 13.2. The van der Waals surface area contributed by atoms with E-state index in [2.05, 4.69) is 31.6 Å². The number of hydrogen-bond acceptors (Lipinski definition) is 7. The van der Waals surface area contributed by atoms with Crippen molar-refractivity contribution >= 4 is 12.0 Å². The summed E-state index contributed by atoms with van der Waals surface area (Å²) in [4.78, 5) is 35.5. The minimum atomic E-state index is -1.02. The van der Waals surface area contributed by atoms with Gasteiger partial charge < -0.3 is 15.4 Å². The fourth-order valence-electron chi connectivity index (χ4n) is 3.84. The molecule has 9 nitrogen and oxygen atoms in total. The maximum Gasteiger partial charge on any atom is 0.414 e. The van der Waals surface area contributed by atoms with E-state index in [0.717, 1.165) is 5.56 Å². The van der Waals surface area contributed by atoms with Gasteiger partial charge >= 0.3 is 6.09 Å². The molecule has 2 heterocycles. The van der Waals surface area contributed by atoms with Crippen molar-refractivity contribution in [2.24, 2.45) is 5.41 Å². The average Bonchev–Trinajstić information content (AvgIpc) is 3.16. The van der Waals surface area contributed by atoms with Crippen LogP contribution in [0.2, 0.25) is 0 Å². The Labute approximate surface area is 194 Å². The van der Waals surface area contributed by atoms with Crippen LogP contribution in [0.1, 0.15) is 39.2 Å². The van der Waals surface area contributed by atoms with Crippen LogP contribution in [0.3, 0.4) is 0 Å². The number of aromatic nitrogens is 2. The molecule has 3 rings (SSSR count). The number of nitrogens with one attached hydrogen (secondary N) is 2. The highest BCUT2D eigenvalue weighted by Gasteiger charge is 2.41. The van der Waals surface area contributed by atoms with Crippen molar-refractivity contribution in [3.05, 3.63) is 54.5 Å². The number of likely N-dealkylation sites (tertiary alicyclic amines) is 1. The summed E-state index contributed by atoms with van der Waals surface area (Å²) < 4.78 is 5.14. The van der Waals surface area contributed by atoms with Gasteiger partial charge in [-0.05, 0) is 23.8 Å². The highest BCUT2D eigenvalue weighted by molar-refractivity contribution is 5.87. The molecule has 1 saturated heterocycles. The molecule has 0 spiro atoms. The fraction of sp³-hybridized carbons (Fsp3) is 0.458. The Balaban J connectivity index is 1.65. The standard InChI is InChI=1S/C24H30N6O3/c1-23(2,3)13-19(28-22(32)33-20-14-26-10-11-27-20)21(31)29-24(16-25)9-12-30(17-24)15-18-7-5-4-6-8-18/h4-8,10-11,14,19H,9,12-13,15,17H2,1-3H3,(H,28,32)(H,29,31). The van der Waals surface area contributed by atoms with Gasteiger partial charge in [0, 0.05) is 32.0 Å². The molecule has 0 saturated carbocycles. The second-order valence-corrected chi connectivity index (χ2v) is 9.52. The second-order valence-electron chi connectivity index (χ2n) is 9.52. The Kier molecular flexibility index (Phi) is 7.61. The van der Waals surface area contributed by atoms with E-state index in [0.29, 0.717) is 32.5 Å². The van der Waals surface area contributed by atoms with Gasteiger partial charge in [0.25, 0.3) is 0 Å². The van der Waals surface area contributed by atoms with Crippen LogP contribution in [0.5, 0.6) is 5.88 Å². The van der Waals surface area contributed by atoms with Crippen LogP contribution in [-0.4, -0.2) is 51.5 Å². The molecule has 1 aliphatic rings. The molecule has 2 amide bonds. The summed E-state index contributed by atoms with van der Waals surface area (Å²) in [6.07, 6.45) is 4.24. The lowest BCUT2D eigenvalue weighted by atomic mass is 9.87. The molecular formula is C24H30N6O3. The van der Waals surface area contributed by atoms with Gasteiger partial charge in [0.2, 0.25) is 11.8 Å². The summed E-state index contributed by atoms with van der Waals surface area (Å²) >= 11 is 0. The maximum atomic E-state index is 13.2. The topological polar surface area (TPSA) is 120 Å². The summed E-state index contributed by atoms with van der Waals surface area (Å²) in [5.74, 6) is -0.380. The van der Waals surface area contributed by atoms with E-state index in [4.69, 9.17) is 4.74 Å². The van der Waals surface area contributed by atoms with Crippen LogP contribution in [0.15, 0.2) is 48.9 Å². The van der Waals surface area contributed by atoms with Crippen molar-refractivity contribution in [2.45, 2.75) is 51.7 Å². The number of carbonyl (C=O) groups excluding carboxylic acids is 2. The number of nitriles is 1. The van der Waals surface area contributed by atoms with Crippen molar-refractivity contribution in [1.29, 1.82) is 5.26 Å². The molecule has 2 aromatic rings. The van der Waals surface area contributed by atoms with E-state index in [1.54, 1.807) is 0 Å². The fourth-order valence-corrected chi connectivity index (χ4v) is 3.84. The van der Waals surface area contributed by atoms with Crippen molar-refractivity contribution < 1.29 is 14.3 Å². The van der Waals surface area contributed by atoms with Crippen molar-refractivity contribution in [3.8, 4) is 11.9 Å². The molecule has 1 fully saturated rings. The minimum Gasteiger partial charge on any atom is -0.390 e. The Morgan fingerprint density at radius 1 is 1.27 bits per heavy atom. The van der Waals surface area contributed by atoms with E-state index in [1.807, 2.05) is 51.1 Å². The van der Waals surface area contributed by atoms with E-state index >= 15 is 0 Å². The summed E-state index contributed by atoms with van der Waals surface area (Å²) in [7, 11) is 0. The van der Waals surface area contributed by atoms with Gasteiger partial charge in [-0.2, -0.15) is 5.26 Å². The first-order valence-electron chi connectivity index (χ1n) is 10.9. The lowest BCUT2D eigenvalue weighted by Gasteiger charge is -2.29. The lowest BCUT2D eigenvalue weighted by molar-refractivity contribution is -0.125. The first-order chi connectivity index (χ1) is 15.7. The van der Waals surface area contributed by atoms with Crippen molar-refractivity contribution in [2.75, 3.05) is 13.1 Å². The minimum absolute atomic E-state index is 0.0331. The predicted molar refractivity (Wildman–Crippen MR) is 122 cm³/mol. The van der Waals surface area contributed by atoms with Gasteiger partial charge in [0.15, 0.2) is 0 Å². The monoisotopic (exact) mass is 450 g/mol. The number of amides is 2. The Bertz CT molecular complexity index is 987. The smallest absolute Gasteiger partial charge is 0.390 e. The van der Waals surface area contributed by atoms with Crippen molar-refractivity contribution in [3.63, 3.8) is 0 Å². The number of hydrogen-bond donors (Lipinski definition) is 2. The summed E-state index contributed by atoms with van der Waals surface area (Å²) in [6, 6.07) is 11.4. The number of rotatable bonds is 7. The molecule has 2 unspecified atom stereocenters. The molecule has 0 bridgehead atoms. The van der Waals surface area contributed by atoms with Gasteiger partial charge in [-0.15, -0.1) is 0 Å². The number of carbonyl (C=O) groups is 2. The Morgan fingerprint density at radius 2 is 2.03 bits per heavy atom. The van der Waals surface area contributed by atoms with E-state index in [-0.39, 0.29) is 11.3 Å². The Hall–Kier alpha value is -3.51. The molecule has 2 atom stereocenters. The molecular weight excluding hydrogens is 420 g/mol. The van der Waals surface area contributed by atoms with Crippen LogP contribution in [-0.2, 0) is 11.3 Å². The quantitative estimate of drug-likeness (QED) is 0.665. The lowest BCUT2D eigenvalue weighted by Crippen LogP contribution is -2.57. The average molecular weight is 451 g/mol. The van der Waals surface area contributed by atoms with Crippen LogP contribution in [0.4, 0.5) is 4.79 Å². The third kappa shape index (κ3) is 7.26. The third-order valence-corrected chi connectivity index (χ3v) is 5.34. The predicted octanol–water partition coefficient (Wildman–Crippen LogP) is 2.65. The first kappa shape index (κ1) is 24.1. The van der Waals surface area contributed by atoms with Gasteiger partial charge in [0.1, 0.15) is 11.6 Å². The summed E-state index contributed by atoms with van der Waals surface area (Å²) in [5.41, 5.74) is -0.119. The molecule has 1 aromatic carbocycles. The largest absolute Gasteiger partial charge is 0.414 e. The van der Waals surface area contributed by atoms with Gasteiger partial charge in [-0.1, -0.05) is 51.1 Å². The third-order valence-electron chi connectivity index (χ3n) is 5.34. The molecule has 33 heavy (non-hydrogen) atoms. The molecule has 0 aliphatic carbocycles. The number of ether oxygens (including phenoxy) is 1. The molecule has 1 aromatic heterocycles. The van der Waals surface area contributed by atoms with E-state index < -0.39 is 23.6 Å². The van der Waals surface area contributed by atoms with Crippen LogP contribution in [0.25, 0.3) is 0 Å². The van der Waals surface area contributed by atoms with Crippen LogP contribution in [0, 0.1) is 16.7 Å². The van der Waals surface area contributed by atoms with E-state index in [1.165, 1.54) is 18.6 Å². The molecule has 9 heteroatoms. The van der Waals surface area contributed by atoms with Crippen LogP contribution >= 0.6 is 0 Å². The van der Waals surface area contributed by atoms with Crippen molar-refractivity contribution in [1.82, 2.24) is 25.5 Å². The highest BCUT2D eigenvalue weighted by Crippen LogP contribution is 2.25. The van der Waals surface area contributed by atoms with Crippen LogP contribution < -0.4 is 15.4 Å². The zero-order valence-corrected chi connectivity index (χ0v) is 19.2. The van der Waals surface area contributed by atoms with E-state index in [9.17, 15) is 14.9 Å². The molecule has 2 N–H and O–H groups in total. The molecule has 1 aliphatic heterocycles. The first-order valence-corrected chi connectivity index (χ1v) is 10.9. The zero-order chi connectivity index (χ0) is 23.9. The molecule has 0 radical (unpaired) electrons. The number of benzene rings is 1. The van der Waals surface area contributed by atoms with Gasteiger partial charge in [-0.3, -0.25) is 14.7 Å². The second kappa shape index (κ2) is 10.4.